The third kappa shape index (κ3) is 3.96. The average Bonchev–Trinajstić information content (AvgIpc) is 2.41. The predicted molar refractivity (Wildman–Crippen MR) is 78.9 cm³/mol. The minimum absolute atomic E-state index is 0.757. The van der Waals surface area contributed by atoms with Crippen molar-refractivity contribution in [2.45, 2.75) is 70.9 Å². The lowest BCUT2D eigenvalue weighted by molar-refractivity contribution is 0.161. The van der Waals surface area contributed by atoms with Gasteiger partial charge in [0.1, 0.15) is 0 Å². The summed E-state index contributed by atoms with van der Waals surface area (Å²) < 4.78 is 0. The molecule has 2 atom stereocenters. The molecule has 2 rings (SSSR count). The fourth-order valence-corrected chi connectivity index (χ4v) is 3.65. The number of nitrogens with zero attached hydrogens (tertiary/aromatic N) is 1. The van der Waals surface area contributed by atoms with E-state index in [1.54, 1.807) is 0 Å². The van der Waals surface area contributed by atoms with Crippen LogP contribution in [0.2, 0.25) is 0 Å². The van der Waals surface area contributed by atoms with Gasteiger partial charge in [0.2, 0.25) is 0 Å². The van der Waals surface area contributed by atoms with Crippen molar-refractivity contribution < 1.29 is 0 Å². The molecule has 1 aliphatic carbocycles. The van der Waals surface area contributed by atoms with Crippen LogP contribution in [-0.4, -0.2) is 37.1 Å². The van der Waals surface area contributed by atoms with E-state index < -0.39 is 0 Å². The highest BCUT2D eigenvalue weighted by molar-refractivity contribution is 4.82. The Hall–Kier alpha value is -0.0800. The molecule has 1 saturated heterocycles. The molecule has 1 aliphatic heterocycles. The third-order valence-corrected chi connectivity index (χ3v) is 5.45. The number of rotatable bonds is 4. The van der Waals surface area contributed by atoms with Gasteiger partial charge < -0.3 is 10.2 Å². The van der Waals surface area contributed by atoms with Crippen LogP contribution < -0.4 is 5.32 Å². The second kappa shape index (κ2) is 6.91. The second-order valence-electron chi connectivity index (χ2n) is 6.75. The van der Waals surface area contributed by atoms with Crippen molar-refractivity contribution in [3.8, 4) is 0 Å². The highest BCUT2D eigenvalue weighted by Gasteiger charge is 2.24. The Bertz CT molecular complexity index is 233. The predicted octanol–water partition coefficient (Wildman–Crippen LogP) is 3.28. The van der Waals surface area contributed by atoms with Crippen molar-refractivity contribution in [3.05, 3.63) is 0 Å². The lowest BCUT2D eigenvalue weighted by Gasteiger charge is -2.36. The molecule has 0 aromatic rings. The molecule has 0 radical (unpaired) electrons. The van der Waals surface area contributed by atoms with E-state index in [1.165, 1.54) is 58.0 Å². The number of hydrogen-bond acceptors (Lipinski definition) is 2. The van der Waals surface area contributed by atoms with Gasteiger partial charge >= 0.3 is 0 Å². The highest BCUT2D eigenvalue weighted by atomic mass is 15.1. The number of hydrogen-bond donors (Lipinski definition) is 1. The van der Waals surface area contributed by atoms with E-state index in [1.807, 2.05) is 0 Å². The minimum Gasteiger partial charge on any atom is -0.314 e. The van der Waals surface area contributed by atoms with E-state index in [0.29, 0.717) is 0 Å². The van der Waals surface area contributed by atoms with Gasteiger partial charge in [0.25, 0.3) is 0 Å². The SMILES string of the molecule is CCC1CCC(CNC2CCN(C)C(C)C2)CC1. The van der Waals surface area contributed by atoms with Crippen molar-refractivity contribution in [1.82, 2.24) is 10.2 Å². The van der Waals surface area contributed by atoms with Crippen LogP contribution in [0, 0.1) is 11.8 Å². The first-order valence-corrected chi connectivity index (χ1v) is 8.12. The maximum Gasteiger partial charge on any atom is 0.00941 e. The fraction of sp³-hybridized carbons (Fsp3) is 1.00. The van der Waals surface area contributed by atoms with Crippen LogP contribution in [0.15, 0.2) is 0 Å². The normalized spacial score (nSPS) is 38.8. The first-order valence-electron chi connectivity index (χ1n) is 8.12. The highest BCUT2D eigenvalue weighted by Crippen LogP contribution is 2.30. The summed E-state index contributed by atoms with van der Waals surface area (Å²) in [7, 11) is 2.26. The van der Waals surface area contributed by atoms with Crippen molar-refractivity contribution >= 4 is 0 Å². The van der Waals surface area contributed by atoms with Crippen molar-refractivity contribution in [3.63, 3.8) is 0 Å². The summed E-state index contributed by atoms with van der Waals surface area (Å²) in [4.78, 5) is 2.49. The molecule has 2 fully saturated rings. The van der Waals surface area contributed by atoms with E-state index in [-0.39, 0.29) is 0 Å². The molecule has 1 N–H and O–H groups in total. The fourth-order valence-electron chi connectivity index (χ4n) is 3.65. The summed E-state index contributed by atoms with van der Waals surface area (Å²) in [6.45, 7) is 7.25. The Morgan fingerprint density at radius 2 is 1.72 bits per heavy atom. The van der Waals surface area contributed by atoms with E-state index in [4.69, 9.17) is 0 Å². The third-order valence-electron chi connectivity index (χ3n) is 5.45. The summed E-state index contributed by atoms with van der Waals surface area (Å²) >= 11 is 0. The van der Waals surface area contributed by atoms with Gasteiger partial charge in [-0.05, 0) is 64.6 Å². The summed E-state index contributed by atoms with van der Waals surface area (Å²) in [5.74, 6) is 1.99. The minimum atomic E-state index is 0.757. The topological polar surface area (TPSA) is 15.3 Å². The smallest absolute Gasteiger partial charge is 0.00941 e. The molecule has 2 heteroatoms. The number of likely N-dealkylation sites (tertiary alicyclic amines) is 1. The lowest BCUT2D eigenvalue weighted by Crippen LogP contribution is -2.46. The van der Waals surface area contributed by atoms with Gasteiger partial charge in [-0.2, -0.15) is 0 Å². The molecule has 0 spiro atoms. The molecule has 1 saturated carbocycles. The standard InChI is InChI=1S/C16H32N2/c1-4-14-5-7-15(8-6-14)12-17-16-9-10-18(3)13(2)11-16/h13-17H,4-12H2,1-3H3. The molecule has 0 amide bonds. The molecule has 2 aliphatic rings. The summed E-state index contributed by atoms with van der Waals surface area (Å²) in [6.07, 6.45) is 9.96. The van der Waals surface area contributed by atoms with Crippen LogP contribution in [0.3, 0.4) is 0 Å². The zero-order chi connectivity index (χ0) is 13.0. The van der Waals surface area contributed by atoms with Crippen molar-refractivity contribution in [2.75, 3.05) is 20.1 Å². The molecule has 18 heavy (non-hydrogen) atoms. The van der Waals surface area contributed by atoms with Crippen molar-refractivity contribution in [1.29, 1.82) is 0 Å². The Morgan fingerprint density at radius 1 is 1.06 bits per heavy atom. The second-order valence-corrected chi connectivity index (χ2v) is 6.75. The van der Waals surface area contributed by atoms with Gasteiger partial charge in [-0.15, -0.1) is 0 Å². The zero-order valence-electron chi connectivity index (χ0n) is 12.6. The summed E-state index contributed by atoms with van der Waals surface area (Å²) in [5, 5.41) is 3.85. The van der Waals surface area contributed by atoms with Gasteiger partial charge in [0.15, 0.2) is 0 Å². The van der Waals surface area contributed by atoms with Crippen LogP contribution >= 0.6 is 0 Å². The molecule has 0 bridgehead atoms. The van der Waals surface area contributed by atoms with Gasteiger partial charge in [0, 0.05) is 12.1 Å². The molecule has 1 heterocycles. The van der Waals surface area contributed by atoms with E-state index >= 15 is 0 Å². The molecular weight excluding hydrogens is 220 g/mol. The van der Waals surface area contributed by atoms with Crippen LogP contribution in [0.5, 0.6) is 0 Å². The molecule has 2 unspecified atom stereocenters. The van der Waals surface area contributed by atoms with E-state index in [9.17, 15) is 0 Å². The van der Waals surface area contributed by atoms with Gasteiger partial charge in [0.05, 0.1) is 0 Å². The molecule has 0 aromatic heterocycles. The Morgan fingerprint density at radius 3 is 2.33 bits per heavy atom. The number of piperidine rings is 1. The molecule has 0 aromatic carbocycles. The van der Waals surface area contributed by atoms with Gasteiger partial charge in [-0.3, -0.25) is 0 Å². The van der Waals surface area contributed by atoms with Crippen LogP contribution in [0.1, 0.15) is 58.8 Å². The largest absolute Gasteiger partial charge is 0.314 e. The average molecular weight is 252 g/mol. The van der Waals surface area contributed by atoms with Gasteiger partial charge in [-0.1, -0.05) is 26.2 Å². The van der Waals surface area contributed by atoms with E-state index in [0.717, 1.165) is 23.9 Å². The van der Waals surface area contributed by atoms with Crippen molar-refractivity contribution in [2.24, 2.45) is 11.8 Å². The Kier molecular flexibility index (Phi) is 5.50. The lowest BCUT2D eigenvalue weighted by atomic mass is 9.80. The maximum atomic E-state index is 3.85. The first kappa shape index (κ1) is 14.3. The zero-order valence-corrected chi connectivity index (χ0v) is 12.6. The monoisotopic (exact) mass is 252 g/mol. The van der Waals surface area contributed by atoms with E-state index in [2.05, 4.69) is 31.1 Å². The van der Waals surface area contributed by atoms with Gasteiger partial charge in [-0.25, -0.2) is 0 Å². The number of nitrogens with one attached hydrogen (secondary N) is 1. The summed E-state index contributed by atoms with van der Waals surface area (Å²) in [6, 6.07) is 1.53. The Balaban J connectivity index is 1.63. The molecule has 106 valence electrons. The van der Waals surface area contributed by atoms with Crippen LogP contribution in [-0.2, 0) is 0 Å². The first-order chi connectivity index (χ1) is 8.69. The summed E-state index contributed by atoms with van der Waals surface area (Å²) in [5.41, 5.74) is 0. The Labute approximate surface area is 114 Å². The van der Waals surface area contributed by atoms with Crippen LogP contribution in [0.4, 0.5) is 0 Å². The molecule has 2 nitrogen and oxygen atoms in total. The molecular formula is C16H32N2. The quantitative estimate of drug-likeness (QED) is 0.826. The maximum absolute atomic E-state index is 3.85. The van der Waals surface area contributed by atoms with Crippen LogP contribution in [0.25, 0.3) is 0 Å².